The van der Waals surface area contributed by atoms with E-state index in [9.17, 15) is 21.9 Å². The van der Waals surface area contributed by atoms with Gasteiger partial charge in [-0.15, -0.1) is 0 Å². The summed E-state index contributed by atoms with van der Waals surface area (Å²) in [6.45, 7) is 6.54. The minimum Gasteiger partial charge on any atom is -0.491 e. The van der Waals surface area contributed by atoms with Gasteiger partial charge in [0.25, 0.3) is 0 Å². The van der Waals surface area contributed by atoms with E-state index in [0.717, 1.165) is 56.3 Å². The van der Waals surface area contributed by atoms with Crippen LogP contribution >= 0.6 is 0 Å². The quantitative estimate of drug-likeness (QED) is 0.178. The van der Waals surface area contributed by atoms with Gasteiger partial charge in [-0.2, -0.15) is 4.31 Å². The molecule has 51 heavy (non-hydrogen) atoms. The van der Waals surface area contributed by atoms with Gasteiger partial charge in [0, 0.05) is 69.7 Å². The highest BCUT2D eigenvalue weighted by atomic mass is 32.2. The number of morpholine rings is 1. The van der Waals surface area contributed by atoms with Crippen LogP contribution in [0.2, 0.25) is 0 Å². The average Bonchev–Trinajstić information content (AvgIpc) is 3.56. The first-order valence-electron chi connectivity index (χ1n) is 17.4. The Morgan fingerprint density at radius 2 is 1.75 bits per heavy atom. The molecule has 4 heterocycles. The first-order chi connectivity index (χ1) is 24.5. The highest BCUT2D eigenvalue weighted by Gasteiger charge is 2.44. The molecule has 2 atom stereocenters. The molecule has 0 bridgehead atoms. The zero-order valence-electron chi connectivity index (χ0n) is 28.9. The topological polar surface area (TPSA) is 172 Å². The first-order valence-corrected chi connectivity index (χ1v) is 20.3. The van der Waals surface area contributed by atoms with Crippen LogP contribution in [0, 0.1) is 0 Å². The summed E-state index contributed by atoms with van der Waals surface area (Å²) in [5.74, 6) is 1.12. The Morgan fingerprint density at radius 3 is 2.49 bits per heavy atom. The van der Waals surface area contributed by atoms with Crippen LogP contribution in [0.5, 0.6) is 5.75 Å². The van der Waals surface area contributed by atoms with E-state index in [1.807, 2.05) is 18.2 Å². The maximum Gasteiger partial charge on any atom is 0.243 e. The molecule has 2 aromatic carbocycles. The number of nitrogens with zero attached hydrogens (tertiary/aromatic N) is 3. The highest BCUT2D eigenvalue weighted by molar-refractivity contribution is 7.89. The Balaban J connectivity index is 0.954. The lowest BCUT2D eigenvalue weighted by molar-refractivity contribution is -0.0312. The van der Waals surface area contributed by atoms with Crippen molar-refractivity contribution in [2.75, 3.05) is 84.6 Å². The molecule has 6 rings (SSSR count). The average molecular weight is 745 g/mol. The molecule has 0 aliphatic carbocycles. The molecule has 3 aliphatic rings. The van der Waals surface area contributed by atoms with Gasteiger partial charge in [-0.25, -0.2) is 26.5 Å². The largest absolute Gasteiger partial charge is 0.491 e. The third kappa shape index (κ3) is 9.63. The third-order valence-corrected chi connectivity index (χ3v) is 13.0. The van der Waals surface area contributed by atoms with E-state index in [1.165, 1.54) is 19.2 Å². The van der Waals surface area contributed by atoms with Crippen LogP contribution in [0.25, 0.3) is 11.1 Å². The summed E-state index contributed by atoms with van der Waals surface area (Å²) in [6.07, 6.45) is 2.79. The number of nitrogens with one attached hydrogen (secondary N) is 3. The maximum absolute atomic E-state index is 13.7. The number of hydrogen-bond donors (Lipinski definition) is 4. The number of sulfonamides is 2. The molecule has 14 nitrogen and oxygen atoms in total. The molecule has 1 spiro atoms. The molecule has 0 radical (unpaired) electrons. The minimum absolute atomic E-state index is 0.00329. The molecule has 3 aromatic rings. The van der Waals surface area contributed by atoms with Crippen LogP contribution in [0.15, 0.2) is 76.7 Å². The summed E-state index contributed by atoms with van der Waals surface area (Å²) in [7, 11) is -5.98. The van der Waals surface area contributed by atoms with E-state index in [2.05, 4.69) is 25.2 Å². The summed E-state index contributed by atoms with van der Waals surface area (Å²) in [5, 5.41) is 17.2. The number of ether oxygens (including phenoxy) is 3. The third-order valence-electron chi connectivity index (χ3n) is 9.72. The summed E-state index contributed by atoms with van der Waals surface area (Å²) in [5.41, 5.74) is 1.20. The van der Waals surface area contributed by atoms with Gasteiger partial charge in [0.15, 0.2) is 0 Å². The van der Waals surface area contributed by atoms with Crippen molar-refractivity contribution in [2.45, 2.75) is 46.8 Å². The SMILES string of the molecule is CNS(=O)(=O)c1cccc(OC[C@@H](O)CNC2COC3(CCN(S(=O)(=O)c4cccc(-c5ccc(NCCN6CCOCC6)nc5)c4)CC3)C2)c1. The molecule has 3 saturated heterocycles. The number of benzene rings is 2. The van der Waals surface area contributed by atoms with E-state index in [-0.39, 0.29) is 29.0 Å². The van der Waals surface area contributed by atoms with E-state index in [4.69, 9.17) is 14.2 Å². The Bertz CT molecular complexity index is 1820. The van der Waals surface area contributed by atoms with Crippen molar-refractivity contribution >= 4 is 25.9 Å². The lowest BCUT2D eigenvalue weighted by Crippen LogP contribution is -2.47. The highest BCUT2D eigenvalue weighted by Crippen LogP contribution is 2.37. The Labute approximate surface area is 300 Å². The number of piperidine rings is 1. The zero-order valence-corrected chi connectivity index (χ0v) is 30.5. The van der Waals surface area contributed by atoms with Crippen LogP contribution in [-0.2, 0) is 29.5 Å². The standard InChI is InChI=1S/C35H48N6O8S2/c1-36-50(43,44)32-6-3-5-31(21-32)48-26-30(42)24-38-29-22-35(49-25-29)10-13-41(14-11-35)51(45,46)33-7-2-4-27(20-33)28-8-9-34(39-23-28)37-12-15-40-16-18-47-19-17-40/h2-9,20-21,23,29-30,36,38,42H,10-19,22,24-26H2,1H3,(H,37,39)/t29?,30-/m0/s1. The fourth-order valence-electron chi connectivity index (χ4n) is 6.68. The van der Waals surface area contributed by atoms with Crippen molar-refractivity contribution < 1.29 is 36.2 Å². The van der Waals surface area contributed by atoms with E-state index in [1.54, 1.807) is 40.8 Å². The summed E-state index contributed by atoms with van der Waals surface area (Å²) in [4.78, 5) is 7.24. The van der Waals surface area contributed by atoms with Gasteiger partial charge in [0.2, 0.25) is 20.0 Å². The van der Waals surface area contributed by atoms with Gasteiger partial charge in [0.1, 0.15) is 24.3 Å². The molecule has 16 heteroatoms. The van der Waals surface area contributed by atoms with Gasteiger partial charge < -0.3 is 30.0 Å². The minimum atomic E-state index is -3.71. The molecule has 1 aromatic heterocycles. The van der Waals surface area contributed by atoms with Crippen LogP contribution < -0.4 is 20.1 Å². The van der Waals surface area contributed by atoms with Crippen LogP contribution in [-0.4, -0.2) is 133 Å². The van der Waals surface area contributed by atoms with Crippen LogP contribution in [0.1, 0.15) is 19.3 Å². The van der Waals surface area contributed by atoms with Gasteiger partial charge >= 0.3 is 0 Å². The van der Waals surface area contributed by atoms with Crippen molar-refractivity contribution in [3.05, 3.63) is 66.9 Å². The van der Waals surface area contributed by atoms with Crippen LogP contribution in [0.3, 0.4) is 0 Å². The smallest absolute Gasteiger partial charge is 0.243 e. The summed E-state index contributed by atoms with van der Waals surface area (Å²) in [6, 6.07) is 17.0. The van der Waals surface area contributed by atoms with Crippen molar-refractivity contribution in [1.82, 2.24) is 24.2 Å². The second-order valence-corrected chi connectivity index (χ2v) is 17.0. The Hall–Kier alpha value is -3.19. The molecule has 0 saturated carbocycles. The monoisotopic (exact) mass is 744 g/mol. The normalized spacial score (nSPS) is 20.7. The fraction of sp³-hybridized carbons (Fsp3) is 0.514. The lowest BCUT2D eigenvalue weighted by Gasteiger charge is -2.38. The van der Waals surface area contributed by atoms with Crippen molar-refractivity contribution in [2.24, 2.45) is 0 Å². The molecule has 4 N–H and O–H groups in total. The predicted octanol–water partition coefficient (Wildman–Crippen LogP) is 1.74. The van der Waals surface area contributed by atoms with Crippen molar-refractivity contribution in [3.63, 3.8) is 0 Å². The fourth-order valence-corrected chi connectivity index (χ4v) is 8.93. The van der Waals surface area contributed by atoms with Gasteiger partial charge in [0.05, 0.1) is 35.2 Å². The summed E-state index contributed by atoms with van der Waals surface area (Å²) >= 11 is 0. The number of pyridine rings is 1. The number of rotatable bonds is 15. The second-order valence-electron chi connectivity index (χ2n) is 13.2. The molecular formula is C35H48N6O8S2. The first kappa shape index (κ1) is 37.6. The van der Waals surface area contributed by atoms with E-state index < -0.39 is 31.8 Å². The van der Waals surface area contributed by atoms with Crippen molar-refractivity contribution in [3.8, 4) is 16.9 Å². The molecular weight excluding hydrogens is 697 g/mol. The Kier molecular flexibility index (Phi) is 12.3. The lowest BCUT2D eigenvalue weighted by atomic mass is 9.88. The number of aromatic nitrogens is 1. The van der Waals surface area contributed by atoms with Crippen molar-refractivity contribution in [1.29, 1.82) is 0 Å². The zero-order chi connectivity index (χ0) is 35.9. The van der Waals surface area contributed by atoms with Gasteiger partial charge in [-0.3, -0.25) is 4.90 Å². The van der Waals surface area contributed by atoms with Gasteiger partial charge in [-0.1, -0.05) is 18.2 Å². The van der Waals surface area contributed by atoms with Gasteiger partial charge in [-0.05, 0) is 68.3 Å². The summed E-state index contributed by atoms with van der Waals surface area (Å²) < 4.78 is 72.6. The molecule has 0 amide bonds. The number of aliphatic hydroxyl groups is 1. The van der Waals surface area contributed by atoms with Crippen LogP contribution in [0.4, 0.5) is 5.82 Å². The number of aliphatic hydroxyl groups excluding tert-OH is 1. The molecule has 3 aliphatic heterocycles. The molecule has 1 unspecified atom stereocenters. The number of anilines is 1. The predicted molar refractivity (Wildman–Crippen MR) is 193 cm³/mol. The number of hydrogen-bond acceptors (Lipinski definition) is 12. The second kappa shape index (κ2) is 16.7. The van der Waals surface area contributed by atoms with E-state index in [0.29, 0.717) is 44.7 Å². The van der Waals surface area contributed by atoms with E-state index >= 15 is 0 Å². The molecule has 3 fully saturated rings. The molecule has 278 valence electrons. The maximum atomic E-state index is 13.7. The Morgan fingerprint density at radius 1 is 0.980 bits per heavy atom.